The van der Waals surface area contributed by atoms with Gasteiger partial charge in [-0.25, -0.2) is 0 Å². The lowest BCUT2D eigenvalue weighted by Crippen LogP contribution is -2.03. The van der Waals surface area contributed by atoms with Gasteiger partial charge in [0.1, 0.15) is 11.2 Å². The van der Waals surface area contributed by atoms with Crippen molar-refractivity contribution in [2.24, 2.45) is 0 Å². The maximum absolute atomic E-state index is 13.1. The van der Waals surface area contributed by atoms with Gasteiger partial charge in [-0.15, -0.1) is 0 Å². The van der Waals surface area contributed by atoms with Crippen molar-refractivity contribution in [1.29, 1.82) is 0 Å². The molecule has 0 saturated carbocycles. The summed E-state index contributed by atoms with van der Waals surface area (Å²) in [5, 5.41) is 3.22. The van der Waals surface area contributed by atoms with Gasteiger partial charge in [0.2, 0.25) is 5.43 Å². The number of fused-ring (bicyclic) bond motifs is 4. The van der Waals surface area contributed by atoms with Crippen molar-refractivity contribution in [2.45, 2.75) is 0 Å². The summed E-state index contributed by atoms with van der Waals surface area (Å²) in [5.41, 5.74) is 3.38. The molecule has 2 nitrogen and oxygen atoms in total. The largest absolute Gasteiger partial charge is 0.456 e. The molecule has 4 aromatic carbocycles. The molecule has 0 amide bonds. The summed E-state index contributed by atoms with van der Waals surface area (Å²) in [7, 11) is 0. The van der Waals surface area contributed by atoms with E-state index in [4.69, 9.17) is 4.42 Å². The molecule has 0 radical (unpaired) electrons. The van der Waals surface area contributed by atoms with Crippen LogP contribution in [0.15, 0.2) is 92.5 Å². The topological polar surface area (TPSA) is 30.2 Å². The van der Waals surface area contributed by atoms with Crippen LogP contribution in [0.2, 0.25) is 0 Å². The fourth-order valence-corrected chi connectivity index (χ4v) is 3.79. The van der Waals surface area contributed by atoms with E-state index in [9.17, 15) is 4.79 Å². The zero-order valence-corrected chi connectivity index (χ0v) is 15.3. The number of hydrogen-bond donors (Lipinski definition) is 0. The maximum Gasteiger partial charge on any atom is 0.201 e. The van der Waals surface area contributed by atoms with Gasteiger partial charge in [0.05, 0.1) is 10.8 Å². The lowest BCUT2D eigenvalue weighted by Gasteiger charge is -2.11. The zero-order valence-electron chi connectivity index (χ0n) is 13.7. The molecule has 1 aromatic heterocycles. The van der Waals surface area contributed by atoms with Crippen LogP contribution in [0.4, 0.5) is 0 Å². The standard InChI is InChI=1S/C23H13BrO2/c24-15-11-9-14(10-12-15)19-13-21-22(17-6-2-1-5-16(17)19)23(25)18-7-3-4-8-20(18)26-21/h1-13H. The van der Waals surface area contributed by atoms with Gasteiger partial charge in [-0.2, -0.15) is 0 Å². The van der Waals surface area contributed by atoms with Crippen LogP contribution >= 0.6 is 15.9 Å². The first kappa shape index (κ1) is 15.4. The van der Waals surface area contributed by atoms with Crippen LogP contribution in [-0.4, -0.2) is 0 Å². The van der Waals surface area contributed by atoms with Crippen LogP contribution in [0.25, 0.3) is 43.8 Å². The molecule has 0 aliphatic heterocycles. The molecule has 3 heteroatoms. The highest BCUT2D eigenvalue weighted by Gasteiger charge is 2.14. The molecule has 5 aromatic rings. The van der Waals surface area contributed by atoms with Gasteiger partial charge in [-0.05, 0) is 52.2 Å². The average molecular weight is 401 g/mol. The molecule has 5 rings (SSSR count). The molecule has 0 bridgehead atoms. The third kappa shape index (κ3) is 2.28. The van der Waals surface area contributed by atoms with Crippen molar-refractivity contribution in [3.63, 3.8) is 0 Å². The minimum atomic E-state index is 0.0143. The van der Waals surface area contributed by atoms with Crippen molar-refractivity contribution in [3.8, 4) is 11.1 Å². The van der Waals surface area contributed by atoms with Gasteiger partial charge in [-0.3, -0.25) is 4.79 Å². The molecule has 0 N–H and O–H groups in total. The summed E-state index contributed by atoms with van der Waals surface area (Å²) in [6.07, 6.45) is 0. The number of hydrogen-bond acceptors (Lipinski definition) is 2. The van der Waals surface area contributed by atoms with Crippen LogP contribution in [0, 0.1) is 0 Å². The van der Waals surface area contributed by atoms with Gasteiger partial charge in [0.25, 0.3) is 0 Å². The van der Waals surface area contributed by atoms with Crippen LogP contribution in [0.3, 0.4) is 0 Å². The summed E-state index contributed by atoms with van der Waals surface area (Å²) in [5.74, 6) is 0. The highest BCUT2D eigenvalue weighted by molar-refractivity contribution is 9.10. The molecule has 0 spiro atoms. The predicted octanol–water partition coefficient (Wildman–Crippen LogP) is 6.53. The number of halogens is 1. The highest BCUT2D eigenvalue weighted by Crippen LogP contribution is 2.35. The summed E-state index contributed by atoms with van der Waals surface area (Å²) in [6, 6.07) is 25.6. The Kier molecular flexibility index (Phi) is 3.44. The number of rotatable bonds is 1. The SMILES string of the molecule is O=c1c2ccccc2oc2cc(-c3ccc(Br)cc3)c3ccccc3c12. The van der Waals surface area contributed by atoms with E-state index in [-0.39, 0.29) is 5.43 Å². The molecule has 124 valence electrons. The van der Waals surface area contributed by atoms with Gasteiger partial charge in [0.15, 0.2) is 0 Å². The normalized spacial score (nSPS) is 11.4. The minimum Gasteiger partial charge on any atom is -0.456 e. The number of benzene rings is 4. The smallest absolute Gasteiger partial charge is 0.201 e. The molecular formula is C23H13BrO2. The molecule has 26 heavy (non-hydrogen) atoms. The lowest BCUT2D eigenvalue weighted by molar-refractivity contribution is 0.660. The Morgan fingerprint density at radius 1 is 0.692 bits per heavy atom. The number of para-hydroxylation sites is 1. The molecule has 0 aliphatic rings. The van der Waals surface area contributed by atoms with Crippen LogP contribution in [0.1, 0.15) is 0 Å². The van der Waals surface area contributed by atoms with Gasteiger partial charge in [-0.1, -0.05) is 64.5 Å². The van der Waals surface area contributed by atoms with Crippen LogP contribution in [-0.2, 0) is 0 Å². The van der Waals surface area contributed by atoms with Crippen molar-refractivity contribution in [2.75, 3.05) is 0 Å². The Morgan fingerprint density at radius 2 is 1.35 bits per heavy atom. The fraction of sp³-hybridized carbons (Fsp3) is 0. The molecule has 0 atom stereocenters. The predicted molar refractivity (Wildman–Crippen MR) is 111 cm³/mol. The van der Waals surface area contributed by atoms with Crippen molar-refractivity contribution in [1.82, 2.24) is 0 Å². The summed E-state index contributed by atoms with van der Waals surface area (Å²) in [6.45, 7) is 0. The zero-order chi connectivity index (χ0) is 17.7. The van der Waals surface area contributed by atoms with Gasteiger partial charge < -0.3 is 4.42 Å². The first-order chi connectivity index (χ1) is 12.7. The van der Waals surface area contributed by atoms with E-state index in [1.165, 1.54) is 0 Å². The van der Waals surface area contributed by atoms with Crippen molar-refractivity contribution in [3.05, 3.63) is 93.6 Å². The Bertz CT molecular complexity index is 1350. The monoisotopic (exact) mass is 400 g/mol. The third-order valence-corrected chi connectivity index (χ3v) is 5.27. The van der Waals surface area contributed by atoms with E-state index in [0.29, 0.717) is 21.9 Å². The van der Waals surface area contributed by atoms with Crippen molar-refractivity contribution >= 4 is 48.6 Å². The van der Waals surface area contributed by atoms with Crippen molar-refractivity contribution < 1.29 is 4.42 Å². The molecule has 0 fully saturated rings. The molecule has 0 unspecified atom stereocenters. The maximum atomic E-state index is 13.1. The molecule has 0 aliphatic carbocycles. The van der Waals surface area contributed by atoms with E-state index in [2.05, 4.69) is 34.1 Å². The van der Waals surface area contributed by atoms with E-state index >= 15 is 0 Å². The van der Waals surface area contributed by atoms with E-state index in [1.807, 2.05) is 60.7 Å². The first-order valence-electron chi connectivity index (χ1n) is 8.35. The quantitative estimate of drug-likeness (QED) is 0.236. The highest BCUT2D eigenvalue weighted by atomic mass is 79.9. The second-order valence-corrected chi connectivity index (χ2v) is 7.19. The first-order valence-corrected chi connectivity index (χ1v) is 9.15. The molecular weight excluding hydrogens is 388 g/mol. The van der Waals surface area contributed by atoms with E-state index in [0.717, 1.165) is 26.4 Å². The minimum absolute atomic E-state index is 0.0143. The Hall–Kier alpha value is -2.91. The van der Waals surface area contributed by atoms with Gasteiger partial charge in [0, 0.05) is 4.47 Å². The second-order valence-electron chi connectivity index (χ2n) is 6.28. The Morgan fingerprint density at radius 3 is 2.12 bits per heavy atom. The summed E-state index contributed by atoms with van der Waals surface area (Å²) in [4.78, 5) is 13.1. The Balaban J connectivity index is 1.99. The van der Waals surface area contributed by atoms with Crippen LogP contribution in [0.5, 0.6) is 0 Å². The molecule has 1 heterocycles. The summed E-state index contributed by atoms with van der Waals surface area (Å²) >= 11 is 3.48. The Labute approximate surface area is 157 Å². The van der Waals surface area contributed by atoms with Gasteiger partial charge >= 0.3 is 0 Å². The lowest BCUT2D eigenvalue weighted by atomic mass is 9.95. The average Bonchev–Trinajstić information content (AvgIpc) is 2.68. The third-order valence-electron chi connectivity index (χ3n) is 4.74. The van der Waals surface area contributed by atoms with E-state index in [1.54, 1.807) is 0 Å². The summed E-state index contributed by atoms with van der Waals surface area (Å²) < 4.78 is 7.14. The van der Waals surface area contributed by atoms with E-state index < -0.39 is 0 Å². The molecule has 0 saturated heterocycles. The fourth-order valence-electron chi connectivity index (χ4n) is 3.53. The second kappa shape index (κ2) is 5.82. The van der Waals surface area contributed by atoms with Crippen LogP contribution < -0.4 is 5.43 Å².